The minimum absolute atomic E-state index is 0.101. The number of aromatic nitrogens is 1. The Morgan fingerprint density at radius 3 is 2.44 bits per heavy atom. The first kappa shape index (κ1) is 23.8. The molecule has 0 N–H and O–H groups in total. The zero-order valence-corrected chi connectivity index (χ0v) is 19.7. The Morgan fingerprint density at radius 2 is 1.74 bits per heavy atom. The molecule has 176 valence electrons. The standard InChI is InChI=1S/C29H31NO4/c1-2-26-27(16-10-9-13-23-11-5-3-6-12-23)30-29(34-22-25-21-31-17-18-32-25)19-28(26)33-20-24-14-7-4-8-15-24/h3-8,11-12,14-15,19,25H,2,9,13,17-18,20-22H2,1H3/t25-/m0/s1. The monoisotopic (exact) mass is 457 g/mol. The second-order valence-corrected chi connectivity index (χ2v) is 8.08. The first-order chi connectivity index (χ1) is 16.8. The van der Waals surface area contributed by atoms with Crippen LogP contribution in [0.1, 0.15) is 35.7 Å². The summed E-state index contributed by atoms with van der Waals surface area (Å²) in [7, 11) is 0. The minimum atomic E-state index is -0.101. The maximum absolute atomic E-state index is 6.22. The molecular formula is C29H31NO4. The van der Waals surface area contributed by atoms with E-state index in [1.807, 2.05) is 30.3 Å². The molecule has 0 bridgehead atoms. The summed E-state index contributed by atoms with van der Waals surface area (Å²) in [6.07, 6.45) is 2.32. The van der Waals surface area contributed by atoms with E-state index in [0.717, 1.165) is 36.1 Å². The van der Waals surface area contributed by atoms with Gasteiger partial charge in [-0.3, -0.25) is 0 Å². The van der Waals surface area contributed by atoms with E-state index >= 15 is 0 Å². The molecule has 0 spiro atoms. The molecule has 2 heterocycles. The highest BCUT2D eigenvalue weighted by atomic mass is 16.6. The van der Waals surface area contributed by atoms with E-state index in [9.17, 15) is 0 Å². The Kier molecular flexibility index (Phi) is 8.96. The van der Waals surface area contributed by atoms with Crippen LogP contribution in [0.5, 0.6) is 11.6 Å². The molecule has 0 unspecified atom stereocenters. The molecule has 5 heteroatoms. The molecule has 0 radical (unpaired) electrons. The molecule has 4 rings (SSSR count). The highest BCUT2D eigenvalue weighted by molar-refractivity contribution is 5.47. The van der Waals surface area contributed by atoms with Crippen molar-refractivity contribution < 1.29 is 18.9 Å². The van der Waals surface area contributed by atoms with E-state index in [1.165, 1.54) is 5.56 Å². The molecule has 1 aliphatic heterocycles. The van der Waals surface area contributed by atoms with Gasteiger partial charge in [0.25, 0.3) is 0 Å². The Bertz CT molecular complexity index is 1080. The van der Waals surface area contributed by atoms with Crippen LogP contribution in [0.2, 0.25) is 0 Å². The van der Waals surface area contributed by atoms with Crippen LogP contribution in [0.3, 0.4) is 0 Å². The maximum Gasteiger partial charge on any atom is 0.218 e. The van der Waals surface area contributed by atoms with E-state index in [-0.39, 0.29) is 6.10 Å². The average molecular weight is 458 g/mol. The molecular weight excluding hydrogens is 426 g/mol. The summed E-state index contributed by atoms with van der Waals surface area (Å²) < 4.78 is 23.4. The van der Waals surface area contributed by atoms with E-state index in [2.05, 4.69) is 55.2 Å². The molecule has 0 saturated carbocycles. The molecule has 0 amide bonds. The third-order valence-corrected chi connectivity index (χ3v) is 5.54. The van der Waals surface area contributed by atoms with Gasteiger partial charge in [-0.2, -0.15) is 0 Å². The smallest absolute Gasteiger partial charge is 0.218 e. The number of benzene rings is 2. The summed E-state index contributed by atoms with van der Waals surface area (Å²) >= 11 is 0. The van der Waals surface area contributed by atoms with E-state index in [4.69, 9.17) is 23.9 Å². The van der Waals surface area contributed by atoms with Gasteiger partial charge in [-0.25, -0.2) is 4.98 Å². The highest BCUT2D eigenvalue weighted by Crippen LogP contribution is 2.28. The summed E-state index contributed by atoms with van der Waals surface area (Å²) in [5, 5.41) is 0. The van der Waals surface area contributed by atoms with Crippen LogP contribution in [0.15, 0.2) is 66.7 Å². The maximum atomic E-state index is 6.22. The zero-order valence-electron chi connectivity index (χ0n) is 19.7. The minimum Gasteiger partial charge on any atom is -0.488 e. The van der Waals surface area contributed by atoms with Gasteiger partial charge in [0.1, 0.15) is 30.8 Å². The van der Waals surface area contributed by atoms with Crippen LogP contribution in [0.25, 0.3) is 0 Å². The molecule has 0 aliphatic carbocycles. The fraction of sp³-hybridized carbons (Fsp3) is 0.345. The molecule has 1 aliphatic rings. The van der Waals surface area contributed by atoms with Crippen molar-refractivity contribution in [3.63, 3.8) is 0 Å². The number of hydrogen-bond donors (Lipinski definition) is 0. The largest absolute Gasteiger partial charge is 0.488 e. The van der Waals surface area contributed by atoms with Gasteiger partial charge in [0, 0.05) is 18.1 Å². The number of hydrogen-bond acceptors (Lipinski definition) is 5. The second kappa shape index (κ2) is 12.8. The quantitative estimate of drug-likeness (QED) is 0.423. The molecule has 2 aromatic carbocycles. The number of aryl methyl sites for hydroxylation is 1. The summed E-state index contributed by atoms with van der Waals surface area (Å²) in [5.74, 6) is 7.81. The van der Waals surface area contributed by atoms with Crippen molar-refractivity contribution in [3.8, 4) is 23.5 Å². The first-order valence-corrected chi connectivity index (χ1v) is 11.9. The van der Waals surface area contributed by atoms with E-state index < -0.39 is 0 Å². The summed E-state index contributed by atoms with van der Waals surface area (Å²) in [6, 6.07) is 22.4. The summed E-state index contributed by atoms with van der Waals surface area (Å²) in [4.78, 5) is 4.72. The van der Waals surface area contributed by atoms with Gasteiger partial charge in [0.05, 0.1) is 19.8 Å². The Balaban J connectivity index is 1.52. The molecule has 1 aromatic heterocycles. The Morgan fingerprint density at radius 1 is 0.971 bits per heavy atom. The van der Waals surface area contributed by atoms with Crippen LogP contribution in [-0.2, 0) is 28.9 Å². The molecule has 34 heavy (non-hydrogen) atoms. The number of ether oxygens (including phenoxy) is 4. The number of rotatable bonds is 9. The van der Waals surface area contributed by atoms with Crippen LogP contribution in [-0.4, -0.2) is 37.5 Å². The normalized spacial score (nSPS) is 15.3. The lowest BCUT2D eigenvalue weighted by atomic mass is 10.1. The topological polar surface area (TPSA) is 49.8 Å². The predicted molar refractivity (Wildman–Crippen MR) is 132 cm³/mol. The van der Waals surface area contributed by atoms with Gasteiger partial charge in [0.2, 0.25) is 5.88 Å². The second-order valence-electron chi connectivity index (χ2n) is 8.08. The summed E-state index contributed by atoms with van der Waals surface area (Å²) in [5.41, 5.74) is 4.08. The van der Waals surface area contributed by atoms with Crippen molar-refractivity contribution in [1.29, 1.82) is 0 Å². The lowest BCUT2D eigenvalue weighted by molar-refractivity contribution is -0.102. The third-order valence-electron chi connectivity index (χ3n) is 5.54. The van der Waals surface area contributed by atoms with Crippen molar-refractivity contribution in [3.05, 3.63) is 89.1 Å². The first-order valence-electron chi connectivity index (χ1n) is 11.9. The lowest BCUT2D eigenvalue weighted by Crippen LogP contribution is -2.33. The van der Waals surface area contributed by atoms with Crippen molar-refractivity contribution in [1.82, 2.24) is 4.98 Å². The number of pyridine rings is 1. The van der Waals surface area contributed by atoms with Crippen LogP contribution < -0.4 is 9.47 Å². The van der Waals surface area contributed by atoms with Crippen LogP contribution in [0.4, 0.5) is 0 Å². The van der Waals surface area contributed by atoms with Crippen molar-refractivity contribution in [2.75, 3.05) is 26.4 Å². The van der Waals surface area contributed by atoms with Gasteiger partial charge in [0.15, 0.2) is 0 Å². The molecule has 1 atom stereocenters. The highest BCUT2D eigenvalue weighted by Gasteiger charge is 2.17. The van der Waals surface area contributed by atoms with Gasteiger partial charge >= 0.3 is 0 Å². The lowest BCUT2D eigenvalue weighted by Gasteiger charge is -2.23. The van der Waals surface area contributed by atoms with Crippen molar-refractivity contribution in [2.45, 2.75) is 38.9 Å². The molecule has 3 aromatic rings. The molecule has 1 saturated heterocycles. The molecule has 1 fully saturated rings. The van der Waals surface area contributed by atoms with Crippen LogP contribution >= 0.6 is 0 Å². The fourth-order valence-corrected chi connectivity index (χ4v) is 3.72. The number of nitrogens with zero attached hydrogens (tertiary/aromatic N) is 1. The average Bonchev–Trinajstić information content (AvgIpc) is 2.90. The predicted octanol–water partition coefficient (Wildman–Crippen LogP) is 5.00. The molecule has 5 nitrogen and oxygen atoms in total. The Hall–Kier alpha value is -3.33. The van der Waals surface area contributed by atoms with Gasteiger partial charge in [-0.15, -0.1) is 0 Å². The van der Waals surface area contributed by atoms with Gasteiger partial charge in [-0.1, -0.05) is 73.5 Å². The van der Waals surface area contributed by atoms with Gasteiger partial charge < -0.3 is 18.9 Å². The SMILES string of the molecule is CCc1c(OCc2ccccc2)cc(OC[C@@H]2COCCO2)nc1C#CCCc1ccccc1. The van der Waals surface area contributed by atoms with Gasteiger partial charge in [-0.05, 0) is 29.9 Å². The van der Waals surface area contributed by atoms with Crippen molar-refractivity contribution in [2.24, 2.45) is 0 Å². The fourth-order valence-electron chi connectivity index (χ4n) is 3.72. The zero-order chi connectivity index (χ0) is 23.4. The van der Waals surface area contributed by atoms with E-state index in [0.29, 0.717) is 44.6 Å². The third kappa shape index (κ3) is 7.08. The Labute approximate surface area is 202 Å². The van der Waals surface area contributed by atoms with Crippen LogP contribution in [0, 0.1) is 11.8 Å². The van der Waals surface area contributed by atoms with Crippen molar-refractivity contribution >= 4 is 0 Å². The summed E-state index contributed by atoms with van der Waals surface area (Å²) in [6.45, 7) is 4.67. The van der Waals surface area contributed by atoms with E-state index in [1.54, 1.807) is 0 Å².